The largest absolute Gasteiger partial charge is 0.394 e. The number of anilines is 1. The van der Waals surface area contributed by atoms with Crippen molar-refractivity contribution in [2.75, 3.05) is 19.0 Å². The van der Waals surface area contributed by atoms with Crippen molar-refractivity contribution in [1.29, 1.82) is 0 Å². The molecule has 10 heteroatoms. The van der Waals surface area contributed by atoms with E-state index >= 15 is 0 Å². The minimum Gasteiger partial charge on any atom is -0.394 e. The molecule has 9 nitrogen and oxygen atoms in total. The van der Waals surface area contributed by atoms with Crippen LogP contribution in [0.5, 0.6) is 0 Å². The third-order valence-corrected chi connectivity index (χ3v) is 2.94. The molecule has 0 unspecified atom stereocenters. The van der Waals surface area contributed by atoms with Gasteiger partial charge in [0.25, 0.3) is 5.56 Å². The number of aromatic nitrogens is 4. The number of rotatable bonds is 6. The highest BCUT2D eigenvalue weighted by Crippen LogP contribution is 2.18. The van der Waals surface area contributed by atoms with Crippen LogP contribution in [0.25, 0.3) is 11.2 Å². The zero-order valence-corrected chi connectivity index (χ0v) is 11.2. The number of ether oxygens (including phenoxy) is 1. The van der Waals surface area contributed by atoms with Crippen molar-refractivity contribution in [1.82, 2.24) is 19.5 Å². The number of H-pyrrole nitrogens is 1. The number of imidazole rings is 1. The Morgan fingerprint density at radius 3 is 2.90 bits per heavy atom. The molecule has 2 aromatic rings. The van der Waals surface area contributed by atoms with Crippen LogP contribution in [-0.2, 0) is 4.74 Å². The molecule has 0 spiro atoms. The van der Waals surface area contributed by atoms with Crippen molar-refractivity contribution < 1.29 is 19.3 Å². The van der Waals surface area contributed by atoms with Crippen molar-refractivity contribution in [3.05, 3.63) is 16.7 Å². The monoisotopic (exact) mass is 301 g/mol. The summed E-state index contributed by atoms with van der Waals surface area (Å²) in [7, 11) is 0. The first-order chi connectivity index (χ1) is 9.97. The average molecular weight is 301 g/mol. The highest BCUT2D eigenvalue weighted by atomic mass is 19.1. The van der Waals surface area contributed by atoms with E-state index in [0.29, 0.717) is 0 Å². The first kappa shape index (κ1) is 15.4. The summed E-state index contributed by atoms with van der Waals surface area (Å²) >= 11 is 0. The third-order valence-electron chi connectivity index (χ3n) is 2.94. The summed E-state index contributed by atoms with van der Waals surface area (Å²) in [5.41, 5.74) is 4.94. The zero-order valence-electron chi connectivity index (χ0n) is 11.2. The van der Waals surface area contributed by atoms with Crippen LogP contribution >= 0.6 is 0 Å². The second-order valence-electron chi connectivity index (χ2n) is 4.48. The molecule has 0 bridgehead atoms. The predicted molar refractivity (Wildman–Crippen MR) is 71.2 cm³/mol. The molecule has 5 N–H and O–H groups in total. The summed E-state index contributed by atoms with van der Waals surface area (Å²) in [4.78, 5) is 21.6. The summed E-state index contributed by atoms with van der Waals surface area (Å²) in [6.45, 7) is -0.0524. The predicted octanol–water partition coefficient (Wildman–Crippen LogP) is -1.07. The van der Waals surface area contributed by atoms with Gasteiger partial charge in [0.2, 0.25) is 5.95 Å². The van der Waals surface area contributed by atoms with Crippen molar-refractivity contribution in [3.63, 3.8) is 0 Å². The molecule has 0 aliphatic carbocycles. The number of alkyl halides is 1. The molecule has 2 aromatic heterocycles. The second-order valence-corrected chi connectivity index (χ2v) is 4.48. The maximum atomic E-state index is 13.2. The molecule has 0 aliphatic rings. The van der Waals surface area contributed by atoms with Crippen molar-refractivity contribution >= 4 is 17.1 Å². The molecule has 2 heterocycles. The molecule has 116 valence electrons. The maximum absolute atomic E-state index is 13.2. The normalized spacial score (nSPS) is 16.0. The van der Waals surface area contributed by atoms with E-state index in [1.807, 2.05) is 0 Å². The number of nitrogen functional groups attached to an aromatic ring is 1. The minimum absolute atomic E-state index is 0.0103. The SMILES string of the molecule is C[C@H](O)[C@@H](CO)O[C@H](CF)n1cnc2c(=O)[nH]c(N)nc21. The van der Waals surface area contributed by atoms with Crippen LogP contribution in [0.1, 0.15) is 13.2 Å². The molecule has 0 saturated carbocycles. The van der Waals surface area contributed by atoms with Crippen LogP contribution in [0, 0.1) is 0 Å². The van der Waals surface area contributed by atoms with Gasteiger partial charge < -0.3 is 20.7 Å². The van der Waals surface area contributed by atoms with E-state index in [-0.39, 0.29) is 17.1 Å². The van der Waals surface area contributed by atoms with Crippen LogP contribution < -0.4 is 11.3 Å². The third kappa shape index (κ3) is 3.01. The Morgan fingerprint density at radius 2 is 2.33 bits per heavy atom. The molecule has 2 rings (SSSR count). The molecule has 3 atom stereocenters. The molecule has 0 aromatic carbocycles. The molecular formula is C11H16FN5O4. The molecule has 0 saturated heterocycles. The van der Waals surface area contributed by atoms with Gasteiger partial charge in [-0.05, 0) is 6.92 Å². The molecule has 0 radical (unpaired) electrons. The fraction of sp³-hybridized carbons (Fsp3) is 0.545. The highest BCUT2D eigenvalue weighted by Gasteiger charge is 2.24. The number of aromatic amines is 1. The van der Waals surface area contributed by atoms with Gasteiger partial charge in [-0.2, -0.15) is 4.98 Å². The molecular weight excluding hydrogens is 285 g/mol. The standard InChI is InChI=1S/C11H16FN5O4/c1-5(19)6(3-18)21-7(2-12)17-4-14-8-9(17)15-11(13)16-10(8)20/h4-7,18-19H,2-3H2,1H3,(H3,13,15,16,20)/t5-,6+,7+/m0/s1. The van der Waals surface area contributed by atoms with Gasteiger partial charge in [0.15, 0.2) is 17.4 Å². The Morgan fingerprint density at radius 1 is 1.62 bits per heavy atom. The summed E-state index contributed by atoms with van der Waals surface area (Å²) < 4.78 is 19.7. The summed E-state index contributed by atoms with van der Waals surface area (Å²) in [6.07, 6.45) is -1.99. The van der Waals surface area contributed by atoms with E-state index in [4.69, 9.17) is 15.6 Å². The Bertz CT molecular complexity index is 670. The van der Waals surface area contributed by atoms with Gasteiger partial charge in [0.05, 0.1) is 19.0 Å². The second kappa shape index (κ2) is 6.16. The van der Waals surface area contributed by atoms with E-state index in [9.17, 15) is 14.3 Å². The van der Waals surface area contributed by atoms with Gasteiger partial charge in [0.1, 0.15) is 12.8 Å². The van der Waals surface area contributed by atoms with E-state index in [1.54, 1.807) is 0 Å². The minimum atomic E-state index is -1.20. The number of aliphatic hydroxyl groups is 2. The van der Waals surface area contributed by atoms with Crippen LogP contribution in [0.4, 0.5) is 10.3 Å². The molecule has 21 heavy (non-hydrogen) atoms. The first-order valence-electron chi connectivity index (χ1n) is 6.20. The van der Waals surface area contributed by atoms with E-state index in [2.05, 4.69) is 15.0 Å². The van der Waals surface area contributed by atoms with Crippen LogP contribution in [-0.4, -0.2) is 55.2 Å². The lowest BCUT2D eigenvalue weighted by Crippen LogP contribution is -2.33. The lowest BCUT2D eigenvalue weighted by molar-refractivity contribution is -0.123. The Hall–Kier alpha value is -2.04. The lowest BCUT2D eigenvalue weighted by atomic mass is 10.2. The highest BCUT2D eigenvalue weighted by molar-refractivity contribution is 5.70. The number of fused-ring (bicyclic) bond motifs is 1. The number of nitrogens with zero attached hydrogens (tertiary/aromatic N) is 3. The number of hydrogen-bond donors (Lipinski definition) is 4. The van der Waals surface area contributed by atoms with Gasteiger partial charge in [-0.1, -0.05) is 0 Å². The van der Waals surface area contributed by atoms with Crippen LogP contribution in [0.3, 0.4) is 0 Å². The number of halogens is 1. The maximum Gasteiger partial charge on any atom is 0.280 e. The van der Waals surface area contributed by atoms with E-state index in [0.717, 1.165) is 0 Å². The quantitative estimate of drug-likeness (QED) is 0.532. The van der Waals surface area contributed by atoms with Crippen LogP contribution in [0.2, 0.25) is 0 Å². The van der Waals surface area contributed by atoms with Gasteiger partial charge >= 0.3 is 0 Å². The van der Waals surface area contributed by atoms with Gasteiger partial charge in [-0.25, -0.2) is 9.37 Å². The Kier molecular flexibility index (Phi) is 4.50. The van der Waals surface area contributed by atoms with E-state index < -0.39 is 37.3 Å². The zero-order chi connectivity index (χ0) is 15.6. The fourth-order valence-corrected chi connectivity index (χ4v) is 1.84. The molecule has 0 aliphatic heterocycles. The Balaban J connectivity index is 2.41. The lowest BCUT2D eigenvalue weighted by Gasteiger charge is -2.24. The summed E-state index contributed by atoms with van der Waals surface area (Å²) in [5, 5.41) is 18.5. The van der Waals surface area contributed by atoms with Crippen molar-refractivity contribution in [2.45, 2.75) is 25.4 Å². The summed E-state index contributed by atoms with van der Waals surface area (Å²) in [6, 6.07) is 0. The first-order valence-corrected chi connectivity index (χ1v) is 6.20. The number of hydrogen-bond acceptors (Lipinski definition) is 7. The van der Waals surface area contributed by atoms with Gasteiger partial charge in [-0.3, -0.25) is 14.3 Å². The number of nitrogens with two attached hydrogens (primary N) is 1. The Labute approximate surface area is 118 Å². The van der Waals surface area contributed by atoms with Crippen molar-refractivity contribution in [3.8, 4) is 0 Å². The van der Waals surface area contributed by atoms with Crippen LogP contribution in [0.15, 0.2) is 11.1 Å². The van der Waals surface area contributed by atoms with E-state index in [1.165, 1.54) is 17.8 Å². The van der Waals surface area contributed by atoms with Gasteiger partial charge in [0, 0.05) is 0 Å². The fourth-order valence-electron chi connectivity index (χ4n) is 1.84. The topological polar surface area (TPSA) is 139 Å². The van der Waals surface area contributed by atoms with Crippen molar-refractivity contribution in [2.24, 2.45) is 0 Å². The number of nitrogens with one attached hydrogen (secondary N) is 1. The number of aliphatic hydroxyl groups excluding tert-OH is 2. The smallest absolute Gasteiger partial charge is 0.280 e. The van der Waals surface area contributed by atoms with Gasteiger partial charge in [-0.15, -0.1) is 0 Å². The summed E-state index contributed by atoms with van der Waals surface area (Å²) in [5.74, 6) is -0.138. The molecule has 0 fully saturated rings. The molecule has 0 amide bonds. The average Bonchev–Trinajstić information content (AvgIpc) is 2.83.